The van der Waals surface area contributed by atoms with Gasteiger partial charge in [0.2, 0.25) is 0 Å². The third-order valence-corrected chi connectivity index (χ3v) is 3.93. The van der Waals surface area contributed by atoms with Crippen molar-refractivity contribution < 1.29 is 14.3 Å². The largest absolute Gasteiger partial charge is 0.459 e. The zero-order chi connectivity index (χ0) is 19.9. The first-order chi connectivity index (χ1) is 12.8. The minimum atomic E-state index is -0.579. The van der Waals surface area contributed by atoms with Crippen molar-refractivity contribution >= 4 is 11.9 Å². The lowest BCUT2D eigenvalue weighted by Crippen LogP contribution is -2.36. The van der Waals surface area contributed by atoms with E-state index in [4.69, 9.17) is 4.74 Å². The van der Waals surface area contributed by atoms with Gasteiger partial charge in [-0.3, -0.25) is 9.59 Å². The van der Waals surface area contributed by atoms with Crippen LogP contribution in [0.1, 0.15) is 56.0 Å². The van der Waals surface area contributed by atoms with E-state index in [1.165, 1.54) is 5.56 Å². The highest BCUT2D eigenvalue weighted by Gasteiger charge is 2.20. The average Bonchev–Trinajstić information content (AvgIpc) is 3.00. The lowest BCUT2D eigenvalue weighted by molar-refractivity contribution is -0.153. The minimum absolute atomic E-state index is 0.176. The zero-order valence-corrected chi connectivity index (χ0v) is 16.6. The molecule has 6 nitrogen and oxygen atoms in total. The molecule has 0 saturated carbocycles. The Balaban J connectivity index is 2.06. The van der Waals surface area contributed by atoms with Crippen LogP contribution in [0.25, 0.3) is 0 Å². The number of esters is 1. The second kappa shape index (κ2) is 9.35. The molecular weight excluding hydrogens is 342 g/mol. The molecule has 0 aliphatic heterocycles. The molecule has 0 atom stereocenters. The highest BCUT2D eigenvalue weighted by molar-refractivity contribution is 5.93. The first-order valence-electron chi connectivity index (χ1n) is 9.38. The summed E-state index contributed by atoms with van der Waals surface area (Å²) in [4.78, 5) is 28.7. The maximum absolute atomic E-state index is 12.6. The number of carbonyl (C=O) groups is 2. The van der Waals surface area contributed by atoms with Crippen LogP contribution in [0.15, 0.2) is 36.5 Å². The van der Waals surface area contributed by atoms with Gasteiger partial charge in [-0.05, 0) is 39.2 Å². The van der Waals surface area contributed by atoms with Crippen LogP contribution in [0.4, 0.5) is 0 Å². The monoisotopic (exact) mass is 371 g/mol. The number of aryl methyl sites for hydroxylation is 2. The van der Waals surface area contributed by atoms with E-state index in [2.05, 4.69) is 29.4 Å². The second-order valence-electron chi connectivity index (χ2n) is 7.48. The SMILES string of the molecule is CCCc1cnc(C(=O)NCC(=O)OC(C)(C)C)n1CCc1ccccc1. The molecule has 2 rings (SSSR count). The lowest BCUT2D eigenvalue weighted by Gasteiger charge is -2.19. The summed E-state index contributed by atoms with van der Waals surface area (Å²) in [7, 11) is 0. The van der Waals surface area contributed by atoms with Crippen molar-refractivity contribution in [3.63, 3.8) is 0 Å². The highest BCUT2D eigenvalue weighted by atomic mass is 16.6. The van der Waals surface area contributed by atoms with Crippen molar-refractivity contribution in [1.82, 2.24) is 14.9 Å². The molecule has 0 radical (unpaired) electrons. The van der Waals surface area contributed by atoms with Gasteiger partial charge in [-0.1, -0.05) is 43.7 Å². The van der Waals surface area contributed by atoms with Gasteiger partial charge in [-0.15, -0.1) is 0 Å². The third kappa shape index (κ3) is 6.55. The Morgan fingerprint density at radius 2 is 1.85 bits per heavy atom. The second-order valence-corrected chi connectivity index (χ2v) is 7.48. The van der Waals surface area contributed by atoms with E-state index in [9.17, 15) is 9.59 Å². The van der Waals surface area contributed by atoms with Gasteiger partial charge in [-0.2, -0.15) is 0 Å². The van der Waals surface area contributed by atoms with E-state index in [1.807, 2.05) is 22.8 Å². The Kier molecular flexibility index (Phi) is 7.16. The molecule has 1 amide bonds. The topological polar surface area (TPSA) is 73.2 Å². The van der Waals surface area contributed by atoms with Gasteiger partial charge in [0.1, 0.15) is 12.1 Å². The van der Waals surface area contributed by atoms with Crippen molar-refractivity contribution in [2.24, 2.45) is 0 Å². The maximum Gasteiger partial charge on any atom is 0.325 e. The van der Waals surface area contributed by atoms with Crippen LogP contribution in [-0.2, 0) is 28.9 Å². The molecule has 0 saturated heterocycles. The zero-order valence-electron chi connectivity index (χ0n) is 16.6. The van der Waals surface area contributed by atoms with Gasteiger partial charge < -0.3 is 14.6 Å². The number of aromatic nitrogens is 2. The fraction of sp³-hybridized carbons (Fsp3) is 0.476. The van der Waals surface area contributed by atoms with Crippen molar-refractivity contribution in [2.45, 2.75) is 59.1 Å². The number of hydrogen-bond acceptors (Lipinski definition) is 4. The van der Waals surface area contributed by atoms with Gasteiger partial charge in [0, 0.05) is 18.4 Å². The summed E-state index contributed by atoms with van der Waals surface area (Å²) >= 11 is 0. The summed E-state index contributed by atoms with van der Waals surface area (Å²) < 4.78 is 7.17. The number of amides is 1. The van der Waals surface area contributed by atoms with Gasteiger partial charge in [-0.25, -0.2) is 4.98 Å². The van der Waals surface area contributed by atoms with Crippen molar-refractivity contribution in [3.8, 4) is 0 Å². The Morgan fingerprint density at radius 3 is 2.48 bits per heavy atom. The molecule has 146 valence electrons. The third-order valence-electron chi connectivity index (χ3n) is 3.93. The molecule has 0 bridgehead atoms. The normalized spacial score (nSPS) is 11.3. The van der Waals surface area contributed by atoms with Crippen LogP contribution in [0.3, 0.4) is 0 Å². The van der Waals surface area contributed by atoms with Crippen molar-refractivity contribution in [2.75, 3.05) is 6.54 Å². The van der Waals surface area contributed by atoms with Gasteiger partial charge in [0.05, 0.1) is 0 Å². The predicted octanol–water partition coefficient (Wildman–Crippen LogP) is 3.15. The van der Waals surface area contributed by atoms with E-state index >= 15 is 0 Å². The molecule has 1 N–H and O–H groups in total. The number of imidazole rings is 1. The summed E-state index contributed by atoms with van der Waals surface area (Å²) in [5.41, 5.74) is 1.65. The first kappa shape index (κ1) is 20.7. The molecule has 0 aliphatic carbocycles. The number of nitrogens with zero attached hydrogens (tertiary/aromatic N) is 2. The number of benzene rings is 1. The molecule has 6 heteroatoms. The average molecular weight is 371 g/mol. The molecule has 0 aliphatic rings. The molecule has 2 aromatic rings. The quantitative estimate of drug-likeness (QED) is 0.724. The minimum Gasteiger partial charge on any atom is -0.459 e. The standard InChI is InChI=1S/C21H29N3O3/c1-5-9-17-14-22-19(20(26)23-15-18(25)27-21(2,3)4)24(17)13-12-16-10-7-6-8-11-16/h6-8,10-11,14H,5,9,12-13,15H2,1-4H3,(H,23,26). The Hall–Kier alpha value is -2.63. The van der Waals surface area contributed by atoms with Crippen LogP contribution < -0.4 is 5.32 Å². The number of carbonyl (C=O) groups excluding carboxylic acids is 2. The molecule has 0 unspecified atom stereocenters. The smallest absolute Gasteiger partial charge is 0.325 e. The maximum atomic E-state index is 12.6. The van der Waals surface area contributed by atoms with Crippen LogP contribution in [0.2, 0.25) is 0 Å². The van der Waals surface area contributed by atoms with Crippen LogP contribution >= 0.6 is 0 Å². The first-order valence-corrected chi connectivity index (χ1v) is 9.38. The predicted molar refractivity (Wildman–Crippen MR) is 105 cm³/mol. The molecule has 1 aromatic carbocycles. The Morgan fingerprint density at radius 1 is 1.15 bits per heavy atom. The number of rotatable bonds is 8. The molecule has 1 aromatic heterocycles. The fourth-order valence-electron chi connectivity index (χ4n) is 2.79. The highest BCUT2D eigenvalue weighted by Crippen LogP contribution is 2.11. The van der Waals surface area contributed by atoms with E-state index in [1.54, 1.807) is 27.0 Å². The van der Waals surface area contributed by atoms with E-state index in [0.717, 1.165) is 25.0 Å². The van der Waals surface area contributed by atoms with Crippen LogP contribution in [-0.4, -0.2) is 33.6 Å². The van der Waals surface area contributed by atoms with E-state index in [0.29, 0.717) is 12.4 Å². The molecule has 27 heavy (non-hydrogen) atoms. The summed E-state index contributed by atoms with van der Waals surface area (Å²) in [6.07, 6.45) is 4.37. The summed E-state index contributed by atoms with van der Waals surface area (Å²) in [6.45, 7) is 7.95. The van der Waals surface area contributed by atoms with Crippen LogP contribution in [0.5, 0.6) is 0 Å². The summed E-state index contributed by atoms with van der Waals surface area (Å²) in [5, 5.41) is 2.62. The summed E-state index contributed by atoms with van der Waals surface area (Å²) in [5.74, 6) is -0.499. The fourth-order valence-corrected chi connectivity index (χ4v) is 2.79. The Labute approximate surface area is 160 Å². The molecule has 1 heterocycles. The van der Waals surface area contributed by atoms with E-state index < -0.39 is 11.6 Å². The Bertz CT molecular complexity index is 761. The lowest BCUT2D eigenvalue weighted by atomic mass is 10.1. The van der Waals surface area contributed by atoms with Crippen LogP contribution in [0, 0.1) is 0 Å². The number of nitrogens with one attached hydrogen (secondary N) is 1. The van der Waals surface area contributed by atoms with Crippen molar-refractivity contribution in [1.29, 1.82) is 0 Å². The van der Waals surface area contributed by atoms with Crippen molar-refractivity contribution in [3.05, 3.63) is 53.6 Å². The molecule has 0 fully saturated rings. The van der Waals surface area contributed by atoms with E-state index in [-0.39, 0.29) is 12.5 Å². The number of ether oxygens (including phenoxy) is 1. The summed E-state index contributed by atoms with van der Waals surface area (Å²) in [6, 6.07) is 10.1. The van der Waals surface area contributed by atoms with Gasteiger partial charge in [0.15, 0.2) is 5.82 Å². The number of hydrogen-bond donors (Lipinski definition) is 1. The van der Waals surface area contributed by atoms with Gasteiger partial charge in [0.25, 0.3) is 5.91 Å². The van der Waals surface area contributed by atoms with Gasteiger partial charge >= 0.3 is 5.97 Å². The molecule has 0 spiro atoms. The molecular formula is C21H29N3O3.